The maximum Gasteiger partial charge on any atom is 0.0823 e. The van der Waals surface area contributed by atoms with Crippen molar-refractivity contribution in [1.29, 1.82) is 0 Å². The van der Waals surface area contributed by atoms with Gasteiger partial charge in [0.25, 0.3) is 0 Å². The van der Waals surface area contributed by atoms with E-state index in [1.165, 1.54) is 0 Å². The van der Waals surface area contributed by atoms with Crippen molar-refractivity contribution in [2.75, 3.05) is 13.1 Å². The molecule has 1 amide bonds. The van der Waals surface area contributed by atoms with Crippen LogP contribution in [0.4, 0.5) is 0 Å². The fourth-order valence-electron chi connectivity index (χ4n) is 1.01. The van der Waals surface area contributed by atoms with Crippen molar-refractivity contribution in [3.63, 3.8) is 0 Å². The van der Waals surface area contributed by atoms with Gasteiger partial charge in [0.2, 0.25) is 0 Å². The summed E-state index contributed by atoms with van der Waals surface area (Å²) in [6.07, 6.45) is 0.918. The summed E-state index contributed by atoms with van der Waals surface area (Å²) in [6.45, 7) is 4.75. The Morgan fingerprint density at radius 2 is 2.18 bits per heavy atom. The van der Waals surface area contributed by atoms with Crippen LogP contribution in [-0.4, -0.2) is 29.9 Å². The number of nitrogens with zero attached hydrogens (tertiary/aromatic N) is 1. The van der Waals surface area contributed by atoms with Crippen LogP contribution in [0, 0.1) is 14.4 Å². The minimum Gasteiger partial charge on any atom is -0.366 e. The van der Waals surface area contributed by atoms with Crippen LogP contribution >= 0.6 is 0 Å². The molecule has 2 N–H and O–H groups in total. The molecule has 63 valence electrons. The summed E-state index contributed by atoms with van der Waals surface area (Å²) in [7, 11) is 0. The first-order chi connectivity index (χ1) is 4.20. The second kappa shape index (κ2) is 5.98. The van der Waals surface area contributed by atoms with Crippen LogP contribution in [0.2, 0.25) is 0 Å². The van der Waals surface area contributed by atoms with Gasteiger partial charge in [-0.1, -0.05) is 0 Å². The van der Waals surface area contributed by atoms with E-state index in [0.717, 1.165) is 13.0 Å². The van der Waals surface area contributed by atoms with Crippen LogP contribution < -0.4 is 5.73 Å². The van der Waals surface area contributed by atoms with E-state index in [4.69, 9.17) is 5.73 Å². The molecule has 1 rings (SSSR count). The van der Waals surface area contributed by atoms with Crippen molar-refractivity contribution in [2.24, 2.45) is 5.73 Å². The predicted octanol–water partition coefficient (Wildman–Crippen LogP) is -0.172. The molecule has 1 radical (unpaired) electrons. The summed E-state index contributed by atoms with van der Waals surface area (Å²) in [5.41, 5.74) is 5.54. The van der Waals surface area contributed by atoms with Gasteiger partial charge in [-0.15, -0.1) is 0 Å². The Morgan fingerprint density at radius 1 is 1.64 bits per heavy atom. The third kappa shape index (κ3) is 4.09. The second-order valence-electron chi connectivity index (χ2n) is 2.39. The van der Waals surface area contributed by atoms with Gasteiger partial charge < -0.3 is 29.8 Å². The monoisotopic (exact) mass is 231 g/mol. The van der Waals surface area contributed by atoms with Gasteiger partial charge in [-0.2, -0.15) is 0 Å². The van der Waals surface area contributed by atoms with Crippen LogP contribution in [-0.2, 0) is 37.5 Å². The third-order valence-electron chi connectivity index (χ3n) is 1.58. The standard InChI is InChI=1S/C6H11N2O.CH3.Y/c1-5(9)8-3-2-6(7)4-8;;/h6H,1-4,7H2;1H3;/q2*-1;. The quantitative estimate of drug-likeness (QED) is 0.588. The maximum atomic E-state index is 10.6. The number of nitrogens with two attached hydrogens (primary N) is 1. The van der Waals surface area contributed by atoms with E-state index in [9.17, 15) is 4.79 Å². The third-order valence-corrected chi connectivity index (χ3v) is 1.58. The summed E-state index contributed by atoms with van der Waals surface area (Å²) in [5, 5.41) is 0. The number of rotatable bonds is 0. The zero-order chi connectivity index (χ0) is 6.85. The van der Waals surface area contributed by atoms with Crippen LogP contribution in [0.5, 0.6) is 0 Å². The number of amides is 1. The second-order valence-corrected chi connectivity index (χ2v) is 2.39. The van der Waals surface area contributed by atoms with Crippen molar-refractivity contribution in [1.82, 2.24) is 4.90 Å². The van der Waals surface area contributed by atoms with Crippen molar-refractivity contribution in [3.05, 3.63) is 14.4 Å². The van der Waals surface area contributed by atoms with E-state index < -0.39 is 0 Å². The zero-order valence-electron chi connectivity index (χ0n) is 6.92. The Morgan fingerprint density at radius 3 is 2.36 bits per heavy atom. The molecule has 0 aromatic rings. The first-order valence-corrected chi connectivity index (χ1v) is 3.06. The summed E-state index contributed by atoms with van der Waals surface area (Å²) >= 11 is 0. The molecular formula is C7H14N2OY-2. The largest absolute Gasteiger partial charge is 0.366 e. The zero-order valence-corrected chi connectivity index (χ0v) is 9.75. The van der Waals surface area contributed by atoms with Crippen molar-refractivity contribution in [2.45, 2.75) is 12.5 Å². The Hall–Kier alpha value is 0.404. The fourth-order valence-corrected chi connectivity index (χ4v) is 1.01. The summed E-state index contributed by atoms with van der Waals surface area (Å²) in [5.74, 6) is -0.108. The normalized spacial score (nSPS) is 21.9. The molecule has 1 saturated heterocycles. The SMILES string of the molecule is [CH2-]C(=O)N1CCC(N)C1.[CH3-].[Y]. The predicted molar refractivity (Wildman–Crippen MR) is 40.9 cm³/mol. The molecule has 3 nitrogen and oxygen atoms in total. The topological polar surface area (TPSA) is 46.3 Å². The average Bonchev–Trinajstić information content (AvgIpc) is 2.14. The Labute approximate surface area is 93.6 Å². The number of likely N-dealkylation sites (tertiary alicyclic amines) is 1. The first kappa shape index (κ1) is 14.0. The van der Waals surface area contributed by atoms with Crippen LogP contribution in [0.15, 0.2) is 0 Å². The molecule has 1 heterocycles. The first-order valence-electron chi connectivity index (χ1n) is 3.06. The molecule has 1 atom stereocenters. The molecule has 0 aromatic heterocycles. The average molecular weight is 231 g/mol. The van der Waals surface area contributed by atoms with Gasteiger partial charge in [0.1, 0.15) is 0 Å². The minimum absolute atomic E-state index is 0. The molecule has 0 spiro atoms. The summed E-state index contributed by atoms with van der Waals surface area (Å²) < 4.78 is 0. The van der Waals surface area contributed by atoms with Gasteiger partial charge in [0.05, 0.1) is 5.91 Å². The molecule has 1 unspecified atom stereocenters. The number of carbonyl (C=O) groups is 1. The molecule has 1 aliphatic heterocycles. The van der Waals surface area contributed by atoms with E-state index in [0.29, 0.717) is 6.54 Å². The number of hydrogen-bond acceptors (Lipinski definition) is 2. The minimum atomic E-state index is -0.108. The van der Waals surface area contributed by atoms with E-state index in [1.807, 2.05) is 0 Å². The van der Waals surface area contributed by atoms with Crippen LogP contribution in [0.3, 0.4) is 0 Å². The van der Waals surface area contributed by atoms with Crippen molar-refractivity contribution < 1.29 is 37.5 Å². The fraction of sp³-hybridized carbons (Fsp3) is 0.571. The summed E-state index contributed by atoms with van der Waals surface area (Å²) in [6, 6.07) is 0.177. The van der Waals surface area contributed by atoms with Gasteiger partial charge in [0.15, 0.2) is 0 Å². The van der Waals surface area contributed by atoms with E-state index >= 15 is 0 Å². The van der Waals surface area contributed by atoms with Gasteiger partial charge >= 0.3 is 0 Å². The Kier molecular flexibility index (Phi) is 7.59. The summed E-state index contributed by atoms with van der Waals surface area (Å²) in [4.78, 5) is 12.2. The van der Waals surface area contributed by atoms with Gasteiger partial charge in [0, 0.05) is 51.8 Å². The molecule has 0 saturated carbocycles. The van der Waals surface area contributed by atoms with Gasteiger partial charge in [-0.05, 0) is 6.42 Å². The molecular weight excluding hydrogens is 217 g/mol. The molecule has 4 heteroatoms. The van der Waals surface area contributed by atoms with E-state index in [-0.39, 0.29) is 52.1 Å². The maximum absolute atomic E-state index is 10.6. The molecule has 1 fully saturated rings. The van der Waals surface area contributed by atoms with Gasteiger partial charge in [-0.25, -0.2) is 0 Å². The number of hydrogen-bond donors (Lipinski definition) is 1. The van der Waals surface area contributed by atoms with Crippen molar-refractivity contribution in [3.8, 4) is 0 Å². The van der Waals surface area contributed by atoms with E-state index in [2.05, 4.69) is 6.92 Å². The Balaban J connectivity index is 0. The molecule has 0 aromatic carbocycles. The van der Waals surface area contributed by atoms with E-state index in [1.54, 1.807) is 4.90 Å². The van der Waals surface area contributed by atoms with Crippen LogP contribution in [0.25, 0.3) is 0 Å². The molecule has 11 heavy (non-hydrogen) atoms. The smallest absolute Gasteiger partial charge is 0.0823 e. The number of carbonyl (C=O) groups excluding carboxylic acids is 1. The molecule has 1 aliphatic rings. The Bertz CT molecular complexity index is 130. The van der Waals surface area contributed by atoms with Crippen molar-refractivity contribution >= 4 is 5.91 Å². The van der Waals surface area contributed by atoms with Gasteiger partial charge in [-0.3, -0.25) is 0 Å². The van der Waals surface area contributed by atoms with Crippen LogP contribution in [0.1, 0.15) is 6.42 Å². The molecule has 0 aliphatic carbocycles. The molecule has 0 bridgehead atoms.